The average Bonchev–Trinajstić information content (AvgIpc) is 3.08. The molecule has 1 saturated carbocycles. The molecule has 1 amide bonds. The Hall–Kier alpha value is -1.00. The van der Waals surface area contributed by atoms with E-state index in [1.807, 2.05) is 6.07 Å². The highest BCUT2D eigenvalue weighted by atomic mass is 32.2. The van der Waals surface area contributed by atoms with E-state index in [0.29, 0.717) is 0 Å². The van der Waals surface area contributed by atoms with Crippen LogP contribution in [0.5, 0.6) is 0 Å². The fourth-order valence-corrected chi connectivity index (χ4v) is 4.60. The van der Waals surface area contributed by atoms with Gasteiger partial charge in [-0.3, -0.25) is 4.79 Å². The number of amides is 1. The summed E-state index contributed by atoms with van der Waals surface area (Å²) in [5.41, 5.74) is 2.26. The Morgan fingerprint density at radius 1 is 1.23 bits per heavy atom. The largest absolute Gasteiger partial charge is 0.326 e. The summed E-state index contributed by atoms with van der Waals surface area (Å²) in [6.45, 7) is 1.85. The van der Waals surface area contributed by atoms with Crippen molar-refractivity contribution in [2.75, 3.05) is 18.4 Å². The third-order valence-electron chi connectivity index (χ3n) is 4.65. The van der Waals surface area contributed by atoms with Crippen molar-refractivity contribution in [2.45, 2.75) is 49.5 Å². The standard InChI is InChI=1S/C18H26N2OS/c21-18(15-6-4-10-19-12-15)20-16-7-3-5-14(11-16)13-22-17-8-1-2-9-17/h3,5,7,11,15,17,19H,1-2,4,6,8-10,12-13H2,(H,20,21). The molecule has 1 saturated heterocycles. The summed E-state index contributed by atoms with van der Waals surface area (Å²) in [5, 5.41) is 7.23. The van der Waals surface area contributed by atoms with E-state index in [-0.39, 0.29) is 11.8 Å². The van der Waals surface area contributed by atoms with Gasteiger partial charge in [0.2, 0.25) is 5.91 Å². The van der Waals surface area contributed by atoms with Gasteiger partial charge in [-0.25, -0.2) is 0 Å². The first-order chi connectivity index (χ1) is 10.8. The van der Waals surface area contributed by atoms with Crippen LogP contribution in [-0.2, 0) is 10.5 Å². The van der Waals surface area contributed by atoms with Crippen LogP contribution < -0.4 is 10.6 Å². The number of carbonyl (C=O) groups is 1. The van der Waals surface area contributed by atoms with Crippen molar-refractivity contribution in [3.63, 3.8) is 0 Å². The molecular formula is C18H26N2OS. The quantitative estimate of drug-likeness (QED) is 0.867. The van der Waals surface area contributed by atoms with Crippen LogP contribution in [0.3, 0.4) is 0 Å². The fraction of sp³-hybridized carbons (Fsp3) is 0.611. The SMILES string of the molecule is O=C(Nc1cccc(CSC2CCCC2)c1)C1CCCNC1. The number of hydrogen-bond acceptors (Lipinski definition) is 3. The normalized spacial score (nSPS) is 22.6. The predicted molar refractivity (Wildman–Crippen MR) is 94.2 cm³/mol. The molecule has 0 aromatic heterocycles. The molecule has 22 heavy (non-hydrogen) atoms. The molecule has 1 aromatic rings. The highest BCUT2D eigenvalue weighted by Crippen LogP contribution is 2.32. The van der Waals surface area contributed by atoms with E-state index in [1.54, 1.807) is 0 Å². The average molecular weight is 318 g/mol. The number of hydrogen-bond donors (Lipinski definition) is 2. The zero-order chi connectivity index (χ0) is 15.2. The number of rotatable bonds is 5. The number of carbonyl (C=O) groups excluding carboxylic acids is 1. The summed E-state index contributed by atoms with van der Waals surface area (Å²) < 4.78 is 0. The Balaban J connectivity index is 1.52. The van der Waals surface area contributed by atoms with Gasteiger partial charge in [-0.2, -0.15) is 11.8 Å². The van der Waals surface area contributed by atoms with E-state index in [9.17, 15) is 4.79 Å². The van der Waals surface area contributed by atoms with Crippen LogP contribution in [0.4, 0.5) is 5.69 Å². The number of nitrogens with one attached hydrogen (secondary N) is 2. The van der Waals surface area contributed by atoms with Crippen molar-refractivity contribution in [3.8, 4) is 0 Å². The van der Waals surface area contributed by atoms with E-state index in [2.05, 4.69) is 40.6 Å². The van der Waals surface area contributed by atoms with E-state index in [1.165, 1.54) is 31.2 Å². The molecule has 120 valence electrons. The number of anilines is 1. The van der Waals surface area contributed by atoms with Crippen LogP contribution in [0.2, 0.25) is 0 Å². The number of benzene rings is 1. The van der Waals surface area contributed by atoms with Gasteiger partial charge in [0.1, 0.15) is 0 Å². The van der Waals surface area contributed by atoms with Gasteiger partial charge in [-0.15, -0.1) is 0 Å². The summed E-state index contributed by atoms with van der Waals surface area (Å²) in [5.74, 6) is 1.33. The minimum absolute atomic E-state index is 0.116. The Morgan fingerprint density at radius 3 is 2.86 bits per heavy atom. The second-order valence-electron chi connectivity index (χ2n) is 6.45. The van der Waals surface area contributed by atoms with Crippen LogP contribution in [0.1, 0.15) is 44.1 Å². The number of thioether (sulfide) groups is 1. The van der Waals surface area contributed by atoms with Gasteiger partial charge >= 0.3 is 0 Å². The molecule has 1 aromatic carbocycles. The molecule has 0 bridgehead atoms. The van der Waals surface area contributed by atoms with Crippen LogP contribution in [-0.4, -0.2) is 24.2 Å². The molecule has 2 aliphatic rings. The first-order valence-corrected chi connectivity index (χ1v) is 9.58. The van der Waals surface area contributed by atoms with Gasteiger partial charge in [-0.1, -0.05) is 25.0 Å². The van der Waals surface area contributed by atoms with Crippen LogP contribution in [0, 0.1) is 5.92 Å². The maximum atomic E-state index is 12.3. The van der Waals surface area contributed by atoms with Gasteiger partial charge in [0.15, 0.2) is 0 Å². The maximum absolute atomic E-state index is 12.3. The van der Waals surface area contributed by atoms with Crippen molar-refractivity contribution in [1.82, 2.24) is 5.32 Å². The van der Waals surface area contributed by atoms with Gasteiger partial charge in [0, 0.05) is 23.2 Å². The Morgan fingerprint density at radius 2 is 2.09 bits per heavy atom. The van der Waals surface area contributed by atoms with Crippen LogP contribution in [0.25, 0.3) is 0 Å². The summed E-state index contributed by atoms with van der Waals surface area (Å²) in [6, 6.07) is 8.35. The molecule has 3 nitrogen and oxygen atoms in total. The Bertz CT molecular complexity index is 494. The van der Waals surface area contributed by atoms with Crippen LogP contribution in [0.15, 0.2) is 24.3 Å². The third-order valence-corrected chi connectivity index (χ3v) is 6.09. The highest BCUT2D eigenvalue weighted by molar-refractivity contribution is 7.99. The number of piperidine rings is 1. The van der Waals surface area contributed by atoms with E-state index in [0.717, 1.165) is 42.6 Å². The van der Waals surface area contributed by atoms with E-state index in [4.69, 9.17) is 0 Å². The minimum Gasteiger partial charge on any atom is -0.326 e. The monoisotopic (exact) mass is 318 g/mol. The molecule has 2 fully saturated rings. The van der Waals surface area contributed by atoms with Gasteiger partial charge in [-0.05, 0) is 49.9 Å². The molecular weight excluding hydrogens is 292 g/mol. The highest BCUT2D eigenvalue weighted by Gasteiger charge is 2.21. The first kappa shape index (κ1) is 15.9. The second-order valence-corrected chi connectivity index (χ2v) is 7.74. The molecule has 1 aliphatic heterocycles. The van der Waals surface area contributed by atoms with E-state index >= 15 is 0 Å². The zero-order valence-corrected chi connectivity index (χ0v) is 14.0. The molecule has 0 radical (unpaired) electrons. The van der Waals surface area contributed by atoms with Crippen molar-refractivity contribution in [3.05, 3.63) is 29.8 Å². The zero-order valence-electron chi connectivity index (χ0n) is 13.1. The fourth-order valence-electron chi connectivity index (χ4n) is 3.33. The summed E-state index contributed by atoms with van der Waals surface area (Å²) >= 11 is 2.07. The molecule has 1 unspecified atom stereocenters. The van der Waals surface area contributed by atoms with Crippen molar-refractivity contribution in [1.29, 1.82) is 0 Å². The lowest BCUT2D eigenvalue weighted by Crippen LogP contribution is -2.37. The van der Waals surface area contributed by atoms with Gasteiger partial charge < -0.3 is 10.6 Å². The van der Waals surface area contributed by atoms with Crippen molar-refractivity contribution < 1.29 is 4.79 Å². The first-order valence-electron chi connectivity index (χ1n) is 8.53. The molecule has 4 heteroatoms. The topological polar surface area (TPSA) is 41.1 Å². The summed E-state index contributed by atoms with van der Waals surface area (Å²) in [7, 11) is 0. The minimum atomic E-state index is 0.116. The Labute approximate surface area is 137 Å². The third kappa shape index (κ3) is 4.50. The van der Waals surface area contributed by atoms with E-state index < -0.39 is 0 Å². The lowest BCUT2D eigenvalue weighted by atomic mass is 9.99. The molecule has 0 spiro atoms. The molecule has 1 heterocycles. The summed E-state index contributed by atoms with van der Waals surface area (Å²) in [4.78, 5) is 12.3. The molecule has 2 N–H and O–H groups in total. The lowest BCUT2D eigenvalue weighted by Gasteiger charge is -2.22. The maximum Gasteiger partial charge on any atom is 0.228 e. The molecule has 1 aliphatic carbocycles. The van der Waals surface area contributed by atoms with Gasteiger partial charge in [0.05, 0.1) is 5.92 Å². The summed E-state index contributed by atoms with van der Waals surface area (Å²) in [6.07, 6.45) is 7.62. The van der Waals surface area contributed by atoms with Crippen molar-refractivity contribution in [2.24, 2.45) is 5.92 Å². The van der Waals surface area contributed by atoms with Gasteiger partial charge in [0.25, 0.3) is 0 Å². The molecule has 1 atom stereocenters. The Kier molecular flexibility index (Phi) is 5.79. The van der Waals surface area contributed by atoms with Crippen molar-refractivity contribution >= 4 is 23.4 Å². The smallest absolute Gasteiger partial charge is 0.228 e. The molecule has 3 rings (SSSR count). The lowest BCUT2D eigenvalue weighted by molar-refractivity contribution is -0.120. The second kappa shape index (κ2) is 8.02. The van der Waals surface area contributed by atoms with Crippen LogP contribution >= 0.6 is 11.8 Å². The predicted octanol–water partition coefficient (Wildman–Crippen LogP) is 3.80.